The van der Waals surface area contributed by atoms with Crippen LogP contribution in [0.5, 0.6) is 5.75 Å². The summed E-state index contributed by atoms with van der Waals surface area (Å²) >= 11 is 0. The van der Waals surface area contributed by atoms with Gasteiger partial charge in [0.2, 0.25) is 0 Å². The molecule has 0 spiro atoms. The van der Waals surface area contributed by atoms with Gasteiger partial charge in [0.25, 0.3) is 5.56 Å². The lowest BCUT2D eigenvalue weighted by molar-refractivity contribution is -0.274. The van der Waals surface area contributed by atoms with E-state index in [2.05, 4.69) is 31.9 Å². The molecule has 0 atom stereocenters. The summed E-state index contributed by atoms with van der Waals surface area (Å²) in [4.78, 5) is 20.1. The molecule has 0 fully saturated rings. The first kappa shape index (κ1) is 27.3. The van der Waals surface area contributed by atoms with Crippen molar-refractivity contribution in [3.8, 4) is 5.75 Å². The monoisotopic (exact) mass is 540 g/mol. The van der Waals surface area contributed by atoms with E-state index < -0.39 is 17.9 Å². The number of alkyl halides is 3. The van der Waals surface area contributed by atoms with E-state index in [0.717, 1.165) is 29.3 Å². The zero-order chi connectivity index (χ0) is 28.0. The van der Waals surface area contributed by atoms with Crippen LogP contribution < -0.4 is 15.6 Å². The number of hydrogen-bond acceptors (Lipinski definition) is 5. The summed E-state index contributed by atoms with van der Waals surface area (Å²) < 4.78 is 59.0. The molecule has 202 valence electrons. The van der Waals surface area contributed by atoms with Crippen LogP contribution in [0.15, 0.2) is 87.8 Å². The maximum Gasteiger partial charge on any atom is 0.573 e. The molecule has 4 aromatic rings. The van der Waals surface area contributed by atoms with Crippen LogP contribution in [0.2, 0.25) is 0 Å². The van der Waals surface area contributed by atoms with Crippen LogP contribution in [-0.2, 0) is 19.6 Å². The standard InChI is InChI=1S/C27H24F4N6O2/c1-32-25(34-14-20-13-21(10-11-23(20)28)39-27(29,30)31)22-17-37(35-26(22)33-2)16-19-8-6-18(7-9-19)15-36-12-4-3-5-24(36)38/h3-13,17H,2,14-16H2,1H3,(H,32,34). The van der Waals surface area contributed by atoms with Gasteiger partial charge >= 0.3 is 6.36 Å². The Bertz CT molecular complexity index is 1540. The van der Waals surface area contributed by atoms with Crippen molar-refractivity contribution in [1.82, 2.24) is 19.7 Å². The van der Waals surface area contributed by atoms with Crippen molar-refractivity contribution < 1.29 is 22.3 Å². The van der Waals surface area contributed by atoms with Crippen molar-refractivity contribution in [2.45, 2.75) is 26.0 Å². The van der Waals surface area contributed by atoms with Gasteiger partial charge in [0.1, 0.15) is 17.4 Å². The molecular formula is C27H24F4N6O2. The Morgan fingerprint density at radius 1 is 1.08 bits per heavy atom. The lowest BCUT2D eigenvalue weighted by atomic mass is 10.1. The third-order valence-corrected chi connectivity index (χ3v) is 5.69. The van der Waals surface area contributed by atoms with Crippen molar-refractivity contribution in [3.05, 3.63) is 111 Å². The van der Waals surface area contributed by atoms with Crippen molar-refractivity contribution >= 4 is 18.4 Å². The zero-order valence-corrected chi connectivity index (χ0v) is 20.8. The van der Waals surface area contributed by atoms with E-state index in [1.807, 2.05) is 24.3 Å². The molecule has 0 radical (unpaired) electrons. The van der Waals surface area contributed by atoms with Gasteiger partial charge in [-0.2, -0.15) is 5.10 Å². The fourth-order valence-corrected chi connectivity index (χ4v) is 3.86. The second-order valence-corrected chi connectivity index (χ2v) is 8.43. The van der Waals surface area contributed by atoms with E-state index in [4.69, 9.17) is 0 Å². The first-order chi connectivity index (χ1) is 18.6. The lowest BCUT2D eigenvalue weighted by Crippen LogP contribution is -2.24. The predicted molar refractivity (Wildman–Crippen MR) is 139 cm³/mol. The number of hydrogen-bond donors (Lipinski definition) is 1. The number of pyridine rings is 1. The van der Waals surface area contributed by atoms with Gasteiger partial charge in [0.05, 0.1) is 18.7 Å². The maximum absolute atomic E-state index is 14.2. The Labute approximate surface area is 220 Å². The van der Waals surface area contributed by atoms with E-state index in [9.17, 15) is 22.4 Å². The number of nitrogens with zero attached hydrogens (tertiary/aromatic N) is 5. The highest BCUT2D eigenvalue weighted by atomic mass is 19.4. The Balaban J connectivity index is 1.46. The second-order valence-electron chi connectivity index (χ2n) is 8.43. The van der Waals surface area contributed by atoms with Crippen molar-refractivity contribution in [2.75, 3.05) is 7.05 Å². The zero-order valence-electron chi connectivity index (χ0n) is 20.8. The predicted octanol–water partition coefficient (Wildman–Crippen LogP) is 4.68. The molecule has 2 heterocycles. The first-order valence-corrected chi connectivity index (χ1v) is 11.7. The molecule has 1 N–H and O–H groups in total. The van der Waals surface area contributed by atoms with Crippen molar-refractivity contribution in [3.63, 3.8) is 0 Å². The number of nitrogens with one attached hydrogen (secondary N) is 1. The SMILES string of the molecule is C=Nc1nn(Cc2ccc(Cn3ccccc3=O)cc2)cc1C(=NC)NCc1cc(OC(F)(F)F)ccc1F. The average molecular weight is 541 g/mol. The molecule has 0 saturated carbocycles. The number of halogens is 4. The minimum absolute atomic E-state index is 0.0451. The minimum atomic E-state index is -4.89. The van der Waals surface area contributed by atoms with E-state index >= 15 is 0 Å². The van der Waals surface area contributed by atoms with Crippen molar-refractivity contribution in [2.24, 2.45) is 9.98 Å². The van der Waals surface area contributed by atoms with Crippen LogP contribution in [0.3, 0.4) is 0 Å². The highest BCUT2D eigenvalue weighted by Crippen LogP contribution is 2.25. The van der Waals surface area contributed by atoms with Crippen molar-refractivity contribution in [1.29, 1.82) is 0 Å². The third-order valence-electron chi connectivity index (χ3n) is 5.69. The number of benzene rings is 2. The molecule has 0 amide bonds. The van der Waals surface area contributed by atoms with Gasteiger partial charge in [0, 0.05) is 37.6 Å². The molecule has 0 unspecified atom stereocenters. The summed E-state index contributed by atoms with van der Waals surface area (Å²) in [5.41, 5.74) is 2.26. The summed E-state index contributed by atoms with van der Waals surface area (Å²) in [6, 6.07) is 15.5. The van der Waals surface area contributed by atoms with E-state index in [-0.39, 0.29) is 23.5 Å². The minimum Gasteiger partial charge on any atom is -0.406 e. The maximum atomic E-state index is 14.2. The van der Waals surface area contributed by atoms with Crippen LogP contribution in [0.25, 0.3) is 0 Å². The average Bonchev–Trinajstić information content (AvgIpc) is 3.30. The molecule has 0 saturated heterocycles. The number of amidine groups is 1. The molecule has 12 heteroatoms. The van der Waals surface area contributed by atoms with Gasteiger partial charge in [-0.05, 0) is 42.1 Å². The lowest BCUT2D eigenvalue weighted by Gasteiger charge is -2.12. The number of ether oxygens (including phenoxy) is 1. The van der Waals surface area contributed by atoms with Crippen LogP contribution >= 0.6 is 0 Å². The van der Waals surface area contributed by atoms with Gasteiger partial charge in [0.15, 0.2) is 5.82 Å². The summed E-state index contributed by atoms with van der Waals surface area (Å²) in [6.45, 7) is 4.23. The molecule has 0 aliphatic carbocycles. The summed E-state index contributed by atoms with van der Waals surface area (Å²) in [6.07, 6.45) is -1.47. The van der Waals surface area contributed by atoms with E-state index in [1.165, 1.54) is 13.1 Å². The van der Waals surface area contributed by atoms with Gasteiger partial charge in [-0.1, -0.05) is 30.3 Å². The van der Waals surface area contributed by atoms with Gasteiger partial charge in [-0.3, -0.25) is 14.5 Å². The summed E-state index contributed by atoms with van der Waals surface area (Å²) in [7, 11) is 1.50. The Morgan fingerprint density at radius 3 is 2.44 bits per heavy atom. The molecule has 0 bridgehead atoms. The Kier molecular flexibility index (Phi) is 8.23. The topological polar surface area (TPSA) is 85.8 Å². The molecule has 8 nitrogen and oxygen atoms in total. The van der Waals surface area contributed by atoms with Crippen LogP contribution in [0.4, 0.5) is 23.4 Å². The molecular weight excluding hydrogens is 516 g/mol. The second kappa shape index (κ2) is 11.8. The number of rotatable bonds is 9. The number of aliphatic imine (C=N–C) groups is 2. The van der Waals surface area contributed by atoms with Crippen LogP contribution in [0, 0.1) is 5.82 Å². The van der Waals surface area contributed by atoms with Gasteiger partial charge in [-0.15, -0.1) is 13.2 Å². The number of aromatic nitrogens is 3. The fourth-order valence-electron chi connectivity index (χ4n) is 3.86. The third kappa shape index (κ3) is 7.18. The Morgan fingerprint density at radius 2 is 1.79 bits per heavy atom. The fraction of sp³-hybridized carbons (Fsp3) is 0.185. The van der Waals surface area contributed by atoms with E-state index in [1.54, 1.807) is 33.8 Å². The molecule has 2 aromatic carbocycles. The molecule has 39 heavy (non-hydrogen) atoms. The van der Waals surface area contributed by atoms with E-state index in [0.29, 0.717) is 24.5 Å². The summed E-state index contributed by atoms with van der Waals surface area (Å²) in [5, 5.41) is 7.35. The van der Waals surface area contributed by atoms with Crippen LogP contribution in [0.1, 0.15) is 22.3 Å². The molecule has 2 aromatic heterocycles. The molecule has 0 aliphatic heterocycles. The highest BCUT2D eigenvalue weighted by Gasteiger charge is 2.31. The quantitative estimate of drug-likeness (QED) is 0.190. The summed E-state index contributed by atoms with van der Waals surface area (Å²) in [5.74, 6) is -0.656. The highest BCUT2D eigenvalue weighted by molar-refractivity contribution is 6.02. The van der Waals surface area contributed by atoms with Gasteiger partial charge < -0.3 is 14.6 Å². The Hall–Kier alpha value is -4.74. The normalized spacial score (nSPS) is 11.9. The molecule has 4 rings (SSSR count). The molecule has 0 aliphatic rings. The largest absolute Gasteiger partial charge is 0.573 e. The van der Waals surface area contributed by atoms with Gasteiger partial charge in [-0.25, -0.2) is 9.38 Å². The first-order valence-electron chi connectivity index (χ1n) is 11.7. The smallest absolute Gasteiger partial charge is 0.406 e. The van der Waals surface area contributed by atoms with Crippen LogP contribution in [-0.4, -0.2) is 40.3 Å².